The van der Waals surface area contributed by atoms with E-state index in [-0.39, 0.29) is 11.5 Å². The molecule has 3 N–H and O–H groups in total. The molecule has 0 saturated heterocycles. The zero-order chi connectivity index (χ0) is 19.0. The average molecular weight is 368 g/mol. The smallest absolute Gasteiger partial charge is 0.318 e. The molecule has 0 spiro atoms. The lowest BCUT2D eigenvalue weighted by molar-refractivity contribution is -0.151. The highest BCUT2D eigenvalue weighted by Gasteiger charge is 2.19. The van der Waals surface area contributed by atoms with Crippen LogP contribution in [-0.4, -0.2) is 42.7 Å². The van der Waals surface area contributed by atoms with Crippen LogP contribution in [0.15, 0.2) is 18.2 Å². The van der Waals surface area contributed by atoms with Crippen molar-refractivity contribution in [3.8, 4) is 5.75 Å². The van der Waals surface area contributed by atoms with Gasteiger partial charge in [0.25, 0.3) is 5.91 Å². The van der Waals surface area contributed by atoms with Crippen LogP contribution >= 0.6 is 11.8 Å². The van der Waals surface area contributed by atoms with E-state index in [9.17, 15) is 19.2 Å². The monoisotopic (exact) mass is 368 g/mol. The number of ether oxygens (including phenoxy) is 2. The maximum atomic E-state index is 11.7. The normalized spacial score (nSPS) is 11.3. The van der Waals surface area contributed by atoms with E-state index in [2.05, 4.69) is 0 Å². The molecule has 0 aromatic heterocycles. The fourth-order valence-electron chi connectivity index (χ4n) is 1.86. The number of thioether (sulfide) groups is 1. The van der Waals surface area contributed by atoms with Crippen molar-refractivity contribution in [2.45, 2.75) is 25.7 Å². The van der Waals surface area contributed by atoms with Crippen molar-refractivity contribution >= 4 is 35.5 Å². The lowest BCUT2D eigenvalue weighted by Gasteiger charge is -2.12. The van der Waals surface area contributed by atoms with E-state index in [1.807, 2.05) is 5.32 Å². The summed E-state index contributed by atoms with van der Waals surface area (Å²) in [6.07, 6.45) is -1.13. The zero-order valence-electron chi connectivity index (χ0n) is 14.2. The lowest BCUT2D eigenvalue weighted by atomic mass is 10.1. The van der Waals surface area contributed by atoms with Crippen LogP contribution in [0.5, 0.6) is 5.75 Å². The summed E-state index contributed by atoms with van der Waals surface area (Å²) in [6, 6.07) is 4.06. The van der Waals surface area contributed by atoms with Crippen LogP contribution in [0.2, 0.25) is 0 Å². The molecule has 0 fully saturated rings. The first-order valence-corrected chi connectivity index (χ1v) is 8.45. The maximum Gasteiger partial charge on any atom is 0.318 e. The molecule has 136 valence electrons. The van der Waals surface area contributed by atoms with Gasteiger partial charge in [0.05, 0.1) is 12.9 Å². The van der Waals surface area contributed by atoms with Gasteiger partial charge in [0.2, 0.25) is 0 Å². The second-order valence-corrected chi connectivity index (χ2v) is 6.05. The minimum atomic E-state index is -1.13. The fraction of sp³-hybridized carbons (Fsp3) is 0.375. The number of nitrogens with two attached hydrogens (primary N) is 1. The fourth-order valence-corrected chi connectivity index (χ4v) is 2.64. The first-order valence-electron chi connectivity index (χ1n) is 7.30. The number of benzene rings is 1. The van der Waals surface area contributed by atoms with Gasteiger partial charge in [-0.15, -0.1) is 11.8 Å². The van der Waals surface area contributed by atoms with Crippen LogP contribution in [0.3, 0.4) is 0 Å². The number of Topliss-reactive ketones (excluding diaryl/α,β-unsaturated/α-hetero) is 1. The van der Waals surface area contributed by atoms with Gasteiger partial charge in [-0.2, -0.15) is 0 Å². The highest BCUT2D eigenvalue weighted by atomic mass is 32.2. The van der Waals surface area contributed by atoms with Gasteiger partial charge in [0.1, 0.15) is 5.75 Å². The average Bonchev–Trinajstić information content (AvgIpc) is 2.53. The number of urea groups is 1. The third kappa shape index (κ3) is 6.84. The second kappa shape index (κ2) is 9.67. The summed E-state index contributed by atoms with van der Waals surface area (Å²) in [5.41, 5.74) is 6.14. The summed E-state index contributed by atoms with van der Waals surface area (Å²) in [5, 5.41) is 1.83. The van der Waals surface area contributed by atoms with Crippen molar-refractivity contribution < 1.29 is 28.7 Å². The highest BCUT2D eigenvalue weighted by Crippen LogP contribution is 2.25. The third-order valence-electron chi connectivity index (χ3n) is 3.09. The minimum Gasteiger partial charge on any atom is -0.496 e. The van der Waals surface area contributed by atoms with E-state index in [0.717, 1.165) is 5.56 Å². The summed E-state index contributed by atoms with van der Waals surface area (Å²) in [7, 11) is 1.52. The summed E-state index contributed by atoms with van der Waals surface area (Å²) in [4.78, 5) is 45.2. The molecule has 0 aliphatic heterocycles. The topological polar surface area (TPSA) is 125 Å². The maximum absolute atomic E-state index is 11.7. The predicted octanol–water partition coefficient (Wildman–Crippen LogP) is 1.26. The Morgan fingerprint density at radius 3 is 2.52 bits per heavy atom. The quantitative estimate of drug-likeness (QED) is 0.523. The third-order valence-corrected chi connectivity index (χ3v) is 4.04. The number of hydrogen-bond acceptors (Lipinski definition) is 7. The molecular formula is C16H20N2O6S. The van der Waals surface area contributed by atoms with Crippen molar-refractivity contribution in [2.24, 2.45) is 5.73 Å². The summed E-state index contributed by atoms with van der Waals surface area (Å²) in [6.45, 7) is 2.80. The SMILES string of the molecule is COc1ccc(C(C)=O)cc1CSCC(=O)O[C@H](C)C(=O)NC(N)=O. The molecule has 0 saturated carbocycles. The number of rotatable bonds is 8. The van der Waals surface area contributed by atoms with Crippen molar-refractivity contribution in [2.75, 3.05) is 12.9 Å². The van der Waals surface area contributed by atoms with Gasteiger partial charge >= 0.3 is 12.0 Å². The molecule has 1 atom stereocenters. The first kappa shape index (κ1) is 20.5. The van der Waals surface area contributed by atoms with Crippen LogP contribution in [-0.2, 0) is 20.1 Å². The number of primary amides is 1. The first-order chi connectivity index (χ1) is 11.7. The van der Waals surface area contributed by atoms with E-state index < -0.39 is 24.0 Å². The molecule has 25 heavy (non-hydrogen) atoms. The molecule has 9 heteroatoms. The van der Waals surface area contributed by atoms with Crippen molar-refractivity contribution in [3.05, 3.63) is 29.3 Å². The Kier molecular flexibility index (Phi) is 7.93. The van der Waals surface area contributed by atoms with Crippen LogP contribution in [0.25, 0.3) is 0 Å². The number of imide groups is 1. The number of ketones is 1. The Hall–Kier alpha value is -2.55. The molecule has 3 amide bonds. The molecular weight excluding hydrogens is 348 g/mol. The van der Waals surface area contributed by atoms with E-state index in [0.29, 0.717) is 17.1 Å². The molecule has 1 aromatic rings. The number of carbonyl (C=O) groups is 4. The lowest BCUT2D eigenvalue weighted by Crippen LogP contribution is -2.42. The molecule has 1 rings (SSSR count). The van der Waals surface area contributed by atoms with Crippen molar-refractivity contribution in [1.29, 1.82) is 0 Å². The number of nitrogens with one attached hydrogen (secondary N) is 1. The van der Waals surface area contributed by atoms with E-state index >= 15 is 0 Å². The van der Waals surface area contributed by atoms with Gasteiger partial charge in [-0.05, 0) is 32.0 Å². The molecule has 0 unspecified atom stereocenters. The summed E-state index contributed by atoms with van der Waals surface area (Å²) >= 11 is 1.24. The number of methoxy groups -OCH3 is 1. The number of hydrogen-bond donors (Lipinski definition) is 2. The van der Waals surface area contributed by atoms with Crippen molar-refractivity contribution in [3.63, 3.8) is 0 Å². The molecule has 0 aliphatic rings. The van der Waals surface area contributed by atoms with E-state index in [1.54, 1.807) is 18.2 Å². The van der Waals surface area contributed by atoms with Gasteiger partial charge in [-0.3, -0.25) is 19.7 Å². The number of carbonyl (C=O) groups excluding carboxylic acids is 4. The van der Waals surface area contributed by atoms with E-state index in [4.69, 9.17) is 15.2 Å². The van der Waals surface area contributed by atoms with Gasteiger partial charge in [-0.25, -0.2) is 4.79 Å². The highest BCUT2D eigenvalue weighted by molar-refractivity contribution is 7.99. The summed E-state index contributed by atoms with van der Waals surface area (Å²) in [5.74, 6) is -0.453. The number of esters is 1. The number of amides is 3. The zero-order valence-corrected chi connectivity index (χ0v) is 15.0. The Morgan fingerprint density at radius 1 is 1.28 bits per heavy atom. The van der Waals surface area contributed by atoms with E-state index in [1.165, 1.54) is 32.7 Å². The Bertz CT molecular complexity index is 677. The van der Waals surface area contributed by atoms with Crippen LogP contribution in [0, 0.1) is 0 Å². The molecule has 0 heterocycles. The molecule has 0 aliphatic carbocycles. The minimum absolute atomic E-state index is 0.0123. The second-order valence-electron chi connectivity index (χ2n) is 5.06. The Labute approximate surface area is 149 Å². The van der Waals surface area contributed by atoms with Gasteiger partial charge < -0.3 is 15.2 Å². The molecule has 1 aromatic carbocycles. The van der Waals surface area contributed by atoms with Gasteiger partial charge in [0, 0.05) is 16.9 Å². The van der Waals surface area contributed by atoms with Gasteiger partial charge in [-0.1, -0.05) is 0 Å². The predicted molar refractivity (Wildman–Crippen MR) is 92.4 cm³/mol. The standard InChI is InChI=1S/C16H20N2O6S/c1-9(19)11-4-5-13(23-3)12(6-11)7-25-8-14(20)24-10(2)15(21)18-16(17)22/h4-6,10H,7-8H2,1-3H3,(H3,17,18,21,22)/t10-/m1/s1. The van der Waals surface area contributed by atoms with Crippen LogP contribution in [0.4, 0.5) is 4.79 Å². The molecule has 0 bridgehead atoms. The van der Waals surface area contributed by atoms with Crippen LogP contribution < -0.4 is 15.8 Å². The summed E-state index contributed by atoms with van der Waals surface area (Å²) < 4.78 is 10.1. The van der Waals surface area contributed by atoms with Gasteiger partial charge in [0.15, 0.2) is 11.9 Å². The van der Waals surface area contributed by atoms with Crippen LogP contribution in [0.1, 0.15) is 29.8 Å². The molecule has 8 nitrogen and oxygen atoms in total. The molecule has 0 radical (unpaired) electrons. The Balaban J connectivity index is 2.55. The van der Waals surface area contributed by atoms with Crippen molar-refractivity contribution in [1.82, 2.24) is 5.32 Å². The Morgan fingerprint density at radius 2 is 1.96 bits per heavy atom. The largest absolute Gasteiger partial charge is 0.496 e.